The van der Waals surface area contributed by atoms with Crippen molar-refractivity contribution in [3.8, 4) is 0 Å². The number of alkyl halides is 3. The van der Waals surface area contributed by atoms with E-state index in [0.29, 0.717) is 6.42 Å². The first-order valence-electron chi connectivity index (χ1n) is 8.24. The van der Waals surface area contributed by atoms with Crippen molar-refractivity contribution in [3.05, 3.63) is 0 Å². The molecule has 0 N–H and O–H groups in total. The number of halogens is 3. The molecule has 126 valence electrons. The standard InChI is InChI=1S/C16H29F3O2/c1-2-3-4-5-6-7-8-9-10-11-12-13-14-15(20)21-16(17,18)19/h2-14H2,1H3. The molecular formula is C16H29F3O2. The Labute approximate surface area is 126 Å². The van der Waals surface area contributed by atoms with Gasteiger partial charge in [0.2, 0.25) is 0 Å². The molecule has 0 aromatic rings. The summed E-state index contributed by atoms with van der Waals surface area (Å²) in [6.45, 7) is 2.21. The molecule has 0 atom stereocenters. The van der Waals surface area contributed by atoms with Crippen LogP contribution in [0.4, 0.5) is 13.2 Å². The molecule has 0 amide bonds. The lowest BCUT2D eigenvalue weighted by Crippen LogP contribution is -2.18. The van der Waals surface area contributed by atoms with E-state index >= 15 is 0 Å². The molecule has 0 heterocycles. The van der Waals surface area contributed by atoms with Crippen LogP contribution in [-0.2, 0) is 9.53 Å². The molecule has 2 nitrogen and oxygen atoms in total. The average molecular weight is 310 g/mol. The molecule has 0 aliphatic heterocycles. The smallest absolute Gasteiger partial charge is 0.373 e. The highest BCUT2D eigenvalue weighted by molar-refractivity contribution is 5.69. The zero-order valence-corrected chi connectivity index (χ0v) is 13.1. The van der Waals surface area contributed by atoms with Crippen LogP contribution in [0.15, 0.2) is 0 Å². The quantitative estimate of drug-likeness (QED) is 0.301. The highest BCUT2D eigenvalue weighted by atomic mass is 19.4. The van der Waals surface area contributed by atoms with Crippen LogP contribution in [0.2, 0.25) is 0 Å². The first kappa shape index (κ1) is 20.3. The Hall–Kier alpha value is -0.740. The van der Waals surface area contributed by atoms with Gasteiger partial charge in [-0.25, -0.2) is 0 Å². The van der Waals surface area contributed by atoms with Crippen LogP contribution in [0.5, 0.6) is 0 Å². The van der Waals surface area contributed by atoms with Gasteiger partial charge in [0.15, 0.2) is 0 Å². The van der Waals surface area contributed by atoms with Crippen LogP contribution in [-0.4, -0.2) is 12.3 Å². The Morgan fingerprint density at radius 3 is 1.52 bits per heavy atom. The summed E-state index contributed by atoms with van der Waals surface area (Å²) in [5.41, 5.74) is 0. The number of esters is 1. The van der Waals surface area contributed by atoms with Crippen molar-refractivity contribution in [1.29, 1.82) is 0 Å². The van der Waals surface area contributed by atoms with E-state index in [0.717, 1.165) is 19.3 Å². The Kier molecular flexibility index (Phi) is 12.5. The second kappa shape index (κ2) is 13.0. The highest BCUT2D eigenvalue weighted by Gasteiger charge is 2.33. The summed E-state index contributed by atoms with van der Waals surface area (Å²) in [6, 6.07) is 0. The van der Waals surface area contributed by atoms with E-state index in [1.54, 1.807) is 0 Å². The van der Waals surface area contributed by atoms with Crippen molar-refractivity contribution in [3.63, 3.8) is 0 Å². The maximum absolute atomic E-state index is 11.7. The lowest BCUT2D eigenvalue weighted by atomic mass is 10.0. The predicted octanol–water partition coefficient (Wildman–Crippen LogP) is 6.14. The first-order valence-corrected chi connectivity index (χ1v) is 8.24. The summed E-state index contributed by atoms with van der Waals surface area (Å²) in [4.78, 5) is 10.8. The van der Waals surface area contributed by atoms with E-state index < -0.39 is 12.3 Å². The summed E-state index contributed by atoms with van der Waals surface area (Å²) in [5.74, 6) is -1.17. The van der Waals surface area contributed by atoms with Crippen LogP contribution in [0.1, 0.15) is 90.4 Å². The lowest BCUT2D eigenvalue weighted by Gasteiger charge is -2.06. The third-order valence-corrected chi connectivity index (χ3v) is 3.46. The van der Waals surface area contributed by atoms with Gasteiger partial charge in [0.05, 0.1) is 0 Å². The molecule has 0 bridgehead atoms. The number of ether oxygens (including phenoxy) is 1. The van der Waals surface area contributed by atoms with E-state index in [1.165, 1.54) is 51.4 Å². The first-order chi connectivity index (χ1) is 9.95. The van der Waals surface area contributed by atoms with Gasteiger partial charge in [0.1, 0.15) is 0 Å². The second-order valence-corrected chi connectivity index (χ2v) is 5.56. The second-order valence-electron chi connectivity index (χ2n) is 5.56. The Balaban J connectivity index is 3.17. The number of hydrogen-bond donors (Lipinski definition) is 0. The molecule has 0 saturated carbocycles. The summed E-state index contributed by atoms with van der Waals surface area (Å²) in [6.07, 6.45) is 8.65. The number of rotatable bonds is 13. The van der Waals surface area contributed by atoms with Gasteiger partial charge < -0.3 is 4.74 Å². The summed E-state index contributed by atoms with van der Waals surface area (Å²) in [5, 5.41) is 0. The topological polar surface area (TPSA) is 26.3 Å². The van der Waals surface area contributed by atoms with Crippen molar-refractivity contribution in [2.45, 2.75) is 96.8 Å². The van der Waals surface area contributed by atoms with Gasteiger partial charge in [-0.1, -0.05) is 77.6 Å². The Morgan fingerprint density at radius 2 is 1.14 bits per heavy atom. The fraction of sp³-hybridized carbons (Fsp3) is 0.938. The molecule has 5 heteroatoms. The molecule has 21 heavy (non-hydrogen) atoms. The average Bonchev–Trinajstić information content (AvgIpc) is 2.38. The number of carbonyl (C=O) groups excluding carboxylic acids is 1. The zero-order valence-electron chi connectivity index (χ0n) is 13.1. The minimum Gasteiger partial charge on any atom is -0.373 e. The van der Waals surface area contributed by atoms with Crippen molar-refractivity contribution in [1.82, 2.24) is 0 Å². The monoisotopic (exact) mass is 310 g/mol. The van der Waals surface area contributed by atoms with Gasteiger partial charge in [-0.15, -0.1) is 13.2 Å². The number of unbranched alkanes of at least 4 members (excludes halogenated alkanes) is 11. The van der Waals surface area contributed by atoms with Gasteiger partial charge in [0.25, 0.3) is 0 Å². The molecule has 0 spiro atoms. The number of carbonyl (C=O) groups is 1. The molecular weight excluding hydrogens is 281 g/mol. The summed E-state index contributed by atoms with van der Waals surface area (Å²) < 4.78 is 38.4. The van der Waals surface area contributed by atoms with Crippen LogP contribution in [0, 0.1) is 0 Å². The largest absolute Gasteiger partial charge is 0.575 e. The SMILES string of the molecule is CCCCCCCCCCCCCCC(=O)OC(F)(F)F. The third-order valence-electron chi connectivity index (χ3n) is 3.46. The maximum Gasteiger partial charge on any atom is 0.575 e. The van der Waals surface area contributed by atoms with Gasteiger partial charge >= 0.3 is 12.3 Å². The fourth-order valence-electron chi connectivity index (χ4n) is 2.29. The molecule has 0 aliphatic carbocycles. The minimum atomic E-state index is -4.84. The fourth-order valence-corrected chi connectivity index (χ4v) is 2.29. The van der Waals surface area contributed by atoms with E-state index in [4.69, 9.17) is 0 Å². The molecule has 0 radical (unpaired) electrons. The van der Waals surface area contributed by atoms with Gasteiger partial charge in [0, 0.05) is 6.42 Å². The minimum absolute atomic E-state index is 0.142. The van der Waals surface area contributed by atoms with E-state index in [9.17, 15) is 18.0 Å². The van der Waals surface area contributed by atoms with Gasteiger partial charge in [-0.05, 0) is 6.42 Å². The van der Waals surface area contributed by atoms with E-state index in [1.807, 2.05) is 0 Å². The number of hydrogen-bond acceptors (Lipinski definition) is 2. The van der Waals surface area contributed by atoms with E-state index in [2.05, 4.69) is 11.7 Å². The van der Waals surface area contributed by atoms with Crippen LogP contribution in [0.25, 0.3) is 0 Å². The molecule has 0 aromatic carbocycles. The zero-order chi connectivity index (χ0) is 16.0. The Morgan fingerprint density at radius 1 is 0.762 bits per heavy atom. The summed E-state index contributed by atoms with van der Waals surface area (Å²) >= 11 is 0. The predicted molar refractivity (Wildman–Crippen MR) is 77.8 cm³/mol. The summed E-state index contributed by atoms with van der Waals surface area (Å²) in [7, 11) is 0. The molecule has 0 fully saturated rings. The van der Waals surface area contributed by atoms with Gasteiger partial charge in [-0.2, -0.15) is 0 Å². The van der Waals surface area contributed by atoms with Crippen LogP contribution in [0.3, 0.4) is 0 Å². The Bertz CT molecular complexity index is 252. The lowest BCUT2D eigenvalue weighted by molar-refractivity contribution is -0.305. The van der Waals surface area contributed by atoms with Crippen molar-refractivity contribution in [2.75, 3.05) is 0 Å². The molecule has 0 aliphatic rings. The normalized spacial score (nSPS) is 11.6. The van der Waals surface area contributed by atoms with E-state index in [-0.39, 0.29) is 6.42 Å². The van der Waals surface area contributed by atoms with Crippen molar-refractivity contribution >= 4 is 5.97 Å². The molecule has 0 saturated heterocycles. The van der Waals surface area contributed by atoms with Crippen LogP contribution < -0.4 is 0 Å². The van der Waals surface area contributed by atoms with Crippen molar-refractivity contribution < 1.29 is 22.7 Å². The highest BCUT2D eigenvalue weighted by Crippen LogP contribution is 2.18. The molecule has 0 aromatic heterocycles. The maximum atomic E-state index is 11.7. The molecule has 0 rings (SSSR count). The van der Waals surface area contributed by atoms with Gasteiger partial charge in [-0.3, -0.25) is 4.79 Å². The third kappa shape index (κ3) is 17.2. The molecule has 0 unspecified atom stereocenters. The van der Waals surface area contributed by atoms with Crippen LogP contribution >= 0.6 is 0 Å². The van der Waals surface area contributed by atoms with Crippen molar-refractivity contribution in [2.24, 2.45) is 0 Å².